The van der Waals surface area contributed by atoms with E-state index in [1.807, 2.05) is 60.7 Å². The maximum Gasteiger partial charge on any atom is 0.308 e. The van der Waals surface area contributed by atoms with Gasteiger partial charge < -0.3 is 5.11 Å². The van der Waals surface area contributed by atoms with Crippen molar-refractivity contribution >= 4 is 34.7 Å². The average molecular weight is 314 g/mol. The number of rotatable bonds is 4. The number of hydrogen-bond acceptors (Lipinski definition) is 3. The van der Waals surface area contributed by atoms with Gasteiger partial charge in [-0.3, -0.25) is 9.69 Å². The maximum atomic E-state index is 11.1. The third-order valence-corrected chi connectivity index (χ3v) is 3.63. The van der Waals surface area contributed by atoms with Gasteiger partial charge in [0.1, 0.15) is 0 Å². The fourth-order valence-corrected chi connectivity index (χ4v) is 2.68. The molecule has 0 saturated carbocycles. The van der Waals surface area contributed by atoms with Gasteiger partial charge in [-0.05, 0) is 36.5 Å². The van der Waals surface area contributed by atoms with Crippen LogP contribution in [0.3, 0.4) is 0 Å². The quantitative estimate of drug-likeness (QED) is 0.876. The van der Waals surface area contributed by atoms with Crippen LogP contribution < -0.4 is 9.96 Å². The smallest absolute Gasteiger partial charge is 0.308 e. The molecule has 3 rings (SSSR count). The van der Waals surface area contributed by atoms with Gasteiger partial charge in [-0.25, -0.2) is 4.84 Å². The lowest BCUT2D eigenvalue weighted by Crippen LogP contribution is -2.35. The van der Waals surface area contributed by atoms with Gasteiger partial charge in [0.2, 0.25) is 5.11 Å². The largest absolute Gasteiger partial charge is 0.481 e. The Morgan fingerprint density at radius 3 is 2.14 bits per heavy atom. The topological polar surface area (TPSA) is 53.0 Å². The summed E-state index contributed by atoms with van der Waals surface area (Å²) in [5, 5.41) is 11.0. The summed E-state index contributed by atoms with van der Waals surface area (Å²) < 4.78 is 0. The van der Waals surface area contributed by atoms with Crippen LogP contribution in [-0.4, -0.2) is 22.4 Å². The van der Waals surface area contributed by atoms with Crippen LogP contribution in [0.2, 0.25) is 0 Å². The summed E-state index contributed by atoms with van der Waals surface area (Å²) in [6, 6.07) is 18.8. The Kier molecular flexibility index (Phi) is 4.04. The Morgan fingerprint density at radius 2 is 1.59 bits per heavy atom. The fraction of sp³-hybridized carbons (Fsp3) is 0.125. The molecule has 1 atom stereocenters. The number of benzene rings is 2. The standard InChI is InChI=1S/C16H14N2O3S/c19-15(20)11-14-17(12-7-3-1-4-8-12)16(22)18(21-14)13-9-5-2-6-10-13/h1-10,14H,11H2,(H,19,20). The maximum absolute atomic E-state index is 11.1. The summed E-state index contributed by atoms with van der Waals surface area (Å²) >= 11 is 5.49. The van der Waals surface area contributed by atoms with Gasteiger partial charge in [0.15, 0.2) is 6.23 Å². The van der Waals surface area contributed by atoms with Crippen LogP contribution >= 0.6 is 12.2 Å². The lowest BCUT2D eigenvalue weighted by molar-refractivity contribution is -0.139. The highest BCUT2D eigenvalue weighted by molar-refractivity contribution is 7.80. The first-order valence-corrected chi connectivity index (χ1v) is 7.19. The van der Waals surface area contributed by atoms with Crippen molar-refractivity contribution < 1.29 is 14.7 Å². The first kappa shape index (κ1) is 14.5. The van der Waals surface area contributed by atoms with E-state index in [2.05, 4.69) is 0 Å². The minimum Gasteiger partial charge on any atom is -0.481 e. The molecule has 1 heterocycles. The molecule has 0 bridgehead atoms. The summed E-state index contributed by atoms with van der Waals surface area (Å²) in [5.41, 5.74) is 1.57. The minimum absolute atomic E-state index is 0.168. The monoisotopic (exact) mass is 314 g/mol. The number of thiocarbonyl (C=S) groups is 1. The summed E-state index contributed by atoms with van der Waals surface area (Å²) in [6.07, 6.45) is -0.842. The second-order valence-electron chi connectivity index (χ2n) is 4.78. The molecule has 112 valence electrons. The zero-order valence-electron chi connectivity index (χ0n) is 11.6. The molecule has 1 unspecified atom stereocenters. The van der Waals surface area contributed by atoms with Gasteiger partial charge in [-0.1, -0.05) is 36.4 Å². The van der Waals surface area contributed by atoms with Crippen LogP contribution in [0.15, 0.2) is 60.7 Å². The van der Waals surface area contributed by atoms with E-state index in [4.69, 9.17) is 22.2 Å². The zero-order valence-corrected chi connectivity index (χ0v) is 12.4. The van der Waals surface area contributed by atoms with E-state index in [9.17, 15) is 4.79 Å². The van der Waals surface area contributed by atoms with Crippen molar-refractivity contribution in [2.45, 2.75) is 12.6 Å². The number of para-hydroxylation sites is 2. The predicted octanol–water partition coefficient (Wildman–Crippen LogP) is 3.03. The van der Waals surface area contributed by atoms with Crippen molar-refractivity contribution in [1.82, 2.24) is 0 Å². The first-order chi connectivity index (χ1) is 10.7. The molecule has 1 N–H and O–H groups in total. The number of anilines is 2. The number of nitrogens with zero attached hydrogens (tertiary/aromatic N) is 2. The van der Waals surface area contributed by atoms with Crippen molar-refractivity contribution in [2.24, 2.45) is 0 Å². The van der Waals surface area contributed by atoms with Crippen molar-refractivity contribution in [3.05, 3.63) is 60.7 Å². The lowest BCUT2D eigenvalue weighted by atomic mass is 10.2. The summed E-state index contributed by atoms with van der Waals surface area (Å²) in [4.78, 5) is 18.6. The van der Waals surface area contributed by atoms with Crippen LogP contribution in [0.4, 0.5) is 11.4 Å². The molecular weight excluding hydrogens is 300 g/mol. The molecule has 6 heteroatoms. The number of carbonyl (C=O) groups is 1. The number of aliphatic carboxylic acids is 1. The van der Waals surface area contributed by atoms with Crippen LogP contribution in [-0.2, 0) is 9.63 Å². The molecule has 0 radical (unpaired) electrons. The van der Waals surface area contributed by atoms with Crippen molar-refractivity contribution in [3.63, 3.8) is 0 Å². The molecule has 1 fully saturated rings. The third-order valence-electron chi connectivity index (χ3n) is 3.27. The lowest BCUT2D eigenvalue weighted by Gasteiger charge is -2.21. The molecule has 1 saturated heterocycles. The van der Waals surface area contributed by atoms with Crippen molar-refractivity contribution in [1.29, 1.82) is 0 Å². The van der Waals surface area contributed by atoms with E-state index in [0.29, 0.717) is 5.11 Å². The normalized spacial score (nSPS) is 17.8. The fourth-order valence-electron chi connectivity index (χ4n) is 2.31. The van der Waals surface area contributed by atoms with Crippen molar-refractivity contribution in [3.8, 4) is 0 Å². The van der Waals surface area contributed by atoms with Gasteiger partial charge in [-0.2, -0.15) is 5.06 Å². The van der Waals surface area contributed by atoms with Crippen LogP contribution in [0.5, 0.6) is 0 Å². The van der Waals surface area contributed by atoms with E-state index in [-0.39, 0.29) is 6.42 Å². The summed E-state index contributed by atoms with van der Waals surface area (Å²) in [5.74, 6) is -0.941. The number of carboxylic acid groups (broad SMARTS) is 1. The molecular formula is C16H14N2O3S. The van der Waals surface area contributed by atoms with E-state index in [0.717, 1.165) is 11.4 Å². The van der Waals surface area contributed by atoms with E-state index in [1.54, 1.807) is 4.90 Å². The number of hydrogen-bond donors (Lipinski definition) is 1. The van der Waals surface area contributed by atoms with Gasteiger partial charge in [0, 0.05) is 5.69 Å². The van der Waals surface area contributed by atoms with Gasteiger partial charge in [0.25, 0.3) is 0 Å². The highest BCUT2D eigenvalue weighted by atomic mass is 32.1. The highest BCUT2D eigenvalue weighted by Gasteiger charge is 2.38. The molecule has 0 spiro atoms. The van der Waals surface area contributed by atoms with Gasteiger partial charge >= 0.3 is 5.97 Å². The molecule has 5 nitrogen and oxygen atoms in total. The molecule has 0 amide bonds. The van der Waals surface area contributed by atoms with Crippen LogP contribution in [0.25, 0.3) is 0 Å². The number of hydroxylamine groups is 1. The van der Waals surface area contributed by atoms with E-state index in [1.165, 1.54) is 5.06 Å². The molecule has 1 aliphatic heterocycles. The molecule has 2 aromatic carbocycles. The predicted molar refractivity (Wildman–Crippen MR) is 87.6 cm³/mol. The molecule has 22 heavy (non-hydrogen) atoms. The molecule has 0 aliphatic carbocycles. The second kappa shape index (κ2) is 6.13. The Morgan fingerprint density at radius 1 is 1.05 bits per heavy atom. The van der Waals surface area contributed by atoms with Crippen molar-refractivity contribution in [2.75, 3.05) is 9.96 Å². The Hall–Kier alpha value is -2.44. The zero-order chi connectivity index (χ0) is 15.5. The minimum atomic E-state index is -0.941. The number of carboxylic acids is 1. The first-order valence-electron chi connectivity index (χ1n) is 6.79. The Labute approximate surface area is 133 Å². The summed E-state index contributed by atoms with van der Waals surface area (Å²) in [6.45, 7) is 0. The molecule has 2 aromatic rings. The van der Waals surface area contributed by atoms with Gasteiger partial charge in [0.05, 0.1) is 12.1 Å². The van der Waals surface area contributed by atoms with Crippen LogP contribution in [0.1, 0.15) is 6.42 Å². The molecule has 0 aromatic heterocycles. The Bertz CT molecular complexity index is 678. The van der Waals surface area contributed by atoms with E-state index >= 15 is 0 Å². The third kappa shape index (κ3) is 2.79. The van der Waals surface area contributed by atoms with E-state index < -0.39 is 12.2 Å². The Balaban J connectivity index is 1.95. The SMILES string of the molecule is O=C(O)CC1ON(c2ccccc2)C(=S)N1c1ccccc1. The van der Waals surface area contributed by atoms with Gasteiger partial charge in [-0.15, -0.1) is 0 Å². The second-order valence-corrected chi connectivity index (χ2v) is 5.14. The molecule has 1 aliphatic rings. The highest BCUT2D eigenvalue weighted by Crippen LogP contribution is 2.31. The van der Waals surface area contributed by atoms with Crippen LogP contribution in [0, 0.1) is 0 Å². The summed E-state index contributed by atoms with van der Waals surface area (Å²) in [7, 11) is 0. The average Bonchev–Trinajstić information content (AvgIpc) is 2.85.